The van der Waals surface area contributed by atoms with Crippen molar-refractivity contribution in [3.63, 3.8) is 0 Å². The van der Waals surface area contributed by atoms with Crippen molar-refractivity contribution in [3.8, 4) is 11.4 Å². The van der Waals surface area contributed by atoms with Gasteiger partial charge in [-0.25, -0.2) is 14.0 Å². The minimum atomic E-state index is -1.04. The first kappa shape index (κ1) is 28.1. The molecular formula is C30H33Cl2N5O3. The van der Waals surface area contributed by atoms with E-state index in [0.29, 0.717) is 32.9 Å². The molecule has 1 saturated heterocycles. The van der Waals surface area contributed by atoms with Crippen molar-refractivity contribution in [2.75, 3.05) is 36.0 Å². The van der Waals surface area contributed by atoms with E-state index in [4.69, 9.17) is 23.2 Å². The number of aromatic hydroxyl groups is 1. The largest absolute Gasteiger partial charge is 0.507 e. The van der Waals surface area contributed by atoms with E-state index >= 15 is 0 Å². The van der Waals surface area contributed by atoms with Crippen LogP contribution in [0.25, 0.3) is 5.69 Å². The summed E-state index contributed by atoms with van der Waals surface area (Å²) in [6, 6.07) is 16.2. The minimum absolute atomic E-state index is 0.334. The normalized spacial score (nSPS) is 15.4. The van der Waals surface area contributed by atoms with Gasteiger partial charge in [0, 0.05) is 53.2 Å². The van der Waals surface area contributed by atoms with Gasteiger partial charge in [0.1, 0.15) is 17.7 Å². The molecule has 2 heterocycles. The van der Waals surface area contributed by atoms with Crippen LogP contribution in [0.5, 0.6) is 5.75 Å². The summed E-state index contributed by atoms with van der Waals surface area (Å²) in [7, 11) is 0. The lowest BCUT2D eigenvalue weighted by Crippen LogP contribution is -2.46. The molecule has 10 heteroatoms. The summed E-state index contributed by atoms with van der Waals surface area (Å²) in [6.45, 7) is 10.8. The molecule has 2 N–H and O–H groups in total. The fraction of sp³-hybridized carbons (Fsp3) is 0.333. The van der Waals surface area contributed by atoms with Gasteiger partial charge < -0.3 is 20.0 Å². The van der Waals surface area contributed by atoms with Crippen LogP contribution >= 0.6 is 23.2 Å². The Kier molecular flexibility index (Phi) is 7.86. The lowest BCUT2D eigenvalue weighted by Gasteiger charge is -2.37. The maximum Gasteiger partial charge on any atom is 0.350 e. The van der Waals surface area contributed by atoms with Gasteiger partial charge in [-0.05, 0) is 87.4 Å². The first-order chi connectivity index (χ1) is 19.0. The number of anilines is 2. The van der Waals surface area contributed by atoms with E-state index in [0.717, 1.165) is 48.7 Å². The van der Waals surface area contributed by atoms with Crippen LogP contribution in [0, 0.1) is 20.8 Å². The van der Waals surface area contributed by atoms with Gasteiger partial charge in [-0.15, -0.1) is 0 Å². The number of aliphatic hydroxyl groups excluding tert-OH is 1. The summed E-state index contributed by atoms with van der Waals surface area (Å²) in [5.74, 6) is 0.881. The molecule has 2 atom stereocenters. The Morgan fingerprint density at radius 3 is 1.95 bits per heavy atom. The average molecular weight is 583 g/mol. The van der Waals surface area contributed by atoms with Crippen LogP contribution in [-0.2, 0) is 0 Å². The molecule has 3 aromatic carbocycles. The standard InChI is InChI=1S/C30H33Cl2N5O3/c1-18-15-25(16-19(2)28(18)38)35-13-11-34(12-14-35)23-6-8-24(9-7-23)36-21(4)33-37(30(36)40)20(3)29(39)26-10-5-22(31)17-27(26)32/h5-10,15-17,20,29,38-39H,11-14H2,1-4H3. The maximum atomic E-state index is 13.4. The molecule has 0 bridgehead atoms. The predicted molar refractivity (Wildman–Crippen MR) is 161 cm³/mol. The number of phenolic OH excluding ortho intramolecular Hbond substituents is 1. The summed E-state index contributed by atoms with van der Waals surface area (Å²) in [4.78, 5) is 18.1. The Morgan fingerprint density at radius 2 is 1.38 bits per heavy atom. The second-order valence-electron chi connectivity index (χ2n) is 10.4. The molecule has 8 nitrogen and oxygen atoms in total. The molecule has 4 aromatic rings. The molecule has 1 aliphatic rings. The van der Waals surface area contributed by atoms with Crippen molar-refractivity contribution in [1.29, 1.82) is 0 Å². The van der Waals surface area contributed by atoms with Gasteiger partial charge in [-0.2, -0.15) is 5.10 Å². The molecule has 5 rings (SSSR count). The molecule has 0 saturated carbocycles. The van der Waals surface area contributed by atoms with Crippen molar-refractivity contribution in [2.45, 2.75) is 39.8 Å². The smallest absolute Gasteiger partial charge is 0.350 e. The third-order valence-electron chi connectivity index (χ3n) is 7.68. The van der Waals surface area contributed by atoms with Crippen molar-refractivity contribution in [3.05, 3.63) is 97.6 Å². The van der Waals surface area contributed by atoms with Crippen LogP contribution in [0.15, 0.2) is 59.4 Å². The minimum Gasteiger partial charge on any atom is -0.507 e. The fourth-order valence-electron chi connectivity index (χ4n) is 5.33. The van der Waals surface area contributed by atoms with Crippen molar-refractivity contribution >= 4 is 34.6 Å². The number of aliphatic hydroxyl groups is 1. The van der Waals surface area contributed by atoms with E-state index in [1.54, 1.807) is 36.6 Å². The predicted octanol–water partition coefficient (Wildman–Crippen LogP) is 5.59. The molecule has 0 amide bonds. The van der Waals surface area contributed by atoms with Crippen LogP contribution in [0.4, 0.5) is 11.4 Å². The molecule has 0 spiro atoms. The number of piperazine rings is 1. The van der Waals surface area contributed by atoms with Crippen molar-refractivity contribution < 1.29 is 10.2 Å². The van der Waals surface area contributed by atoms with E-state index in [1.165, 1.54) is 4.68 Å². The van der Waals surface area contributed by atoms with Crippen LogP contribution < -0.4 is 15.5 Å². The molecule has 2 unspecified atom stereocenters. The summed E-state index contributed by atoms with van der Waals surface area (Å²) >= 11 is 12.3. The van der Waals surface area contributed by atoms with Crippen LogP contribution in [0.2, 0.25) is 10.0 Å². The lowest BCUT2D eigenvalue weighted by molar-refractivity contribution is 0.113. The SMILES string of the molecule is Cc1cc(N2CCN(c3ccc(-n4c(C)nn(C(C)C(O)c5ccc(Cl)cc5Cl)c4=O)cc3)CC2)cc(C)c1O. The Hall–Kier alpha value is -3.46. The first-order valence-electron chi connectivity index (χ1n) is 13.3. The van der Waals surface area contributed by atoms with Gasteiger partial charge in [0.25, 0.3) is 0 Å². The topological polar surface area (TPSA) is 86.8 Å². The number of phenols is 1. The highest BCUT2D eigenvalue weighted by Crippen LogP contribution is 2.32. The average Bonchev–Trinajstić information content (AvgIpc) is 3.24. The van der Waals surface area contributed by atoms with Gasteiger partial charge >= 0.3 is 5.69 Å². The van der Waals surface area contributed by atoms with E-state index < -0.39 is 12.1 Å². The summed E-state index contributed by atoms with van der Waals surface area (Å²) < 4.78 is 2.84. The second kappa shape index (κ2) is 11.2. The fourth-order valence-corrected chi connectivity index (χ4v) is 5.85. The maximum absolute atomic E-state index is 13.4. The Labute approximate surface area is 243 Å². The summed E-state index contributed by atoms with van der Waals surface area (Å²) in [5.41, 5.74) is 4.84. The van der Waals surface area contributed by atoms with Gasteiger partial charge in [0.2, 0.25) is 0 Å². The Bertz CT molecular complexity index is 1570. The number of rotatable bonds is 6. The van der Waals surface area contributed by atoms with Crippen molar-refractivity contribution in [1.82, 2.24) is 14.3 Å². The number of halogens is 2. The highest BCUT2D eigenvalue weighted by atomic mass is 35.5. The van der Waals surface area contributed by atoms with Gasteiger partial charge in [-0.1, -0.05) is 29.3 Å². The highest BCUT2D eigenvalue weighted by Gasteiger charge is 2.26. The van der Waals surface area contributed by atoms with Crippen LogP contribution in [0.1, 0.15) is 41.6 Å². The second-order valence-corrected chi connectivity index (χ2v) is 11.2. The number of aromatic nitrogens is 3. The zero-order valence-electron chi connectivity index (χ0n) is 23.0. The molecule has 1 fully saturated rings. The van der Waals surface area contributed by atoms with E-state index in [2.05, 4.69) is 14.9 Å². The van der Waals surface area contributed by atoms with Gasteiger partial charge in [0.05, 0.1) is 11.7 Å². The first-order valence-corrected chi connectivity index (χ1v) is 14.0. The zero-order valence-corrected chi connectivity index (χ0v) is 24.5. The quantitative estimate of drug-likeness (QED) is 0.308. The summed E-state index contributed by atoms with van der Waals surface area (Å²) in [6.07, 6.45) is -1.04. The Balaban J connectivity index is 1.30. The van der Waals surface area contributed by atoms with Gasteiger partial charge in [-0.3, -0.25) is 0 Å². The molecule has 0 aliphatic carbocycles. The monoisotopic (exact) mass is 581 g/mol. The molecule has 40 heavy (non-hydrogen) atoms. The van der Waals surface area contributed by atoms with Crippen LogP contribution in [-0.4, -0.2) is 50.7 Å². The zero-order chi connectivity index (χ0) is 28.7. The molecule has 1 aromatic heterocycles. The Morgan fingerprint density at radius 1 is 0.825 bits per heavy atom. The number of nitrogens with zero attached hydrogens (tertiary/aromatic N) is 5. The molecular weight excluding hydrogens is 549 g/mol. The van der Waals surface area contributed by atoms with Gasteiger partial charge in [0.15, 0.2) is 0 Å². The number of hydrogen-bond acceptors (Lipinski definition) is 6. The van der Waals surface area contributed by atoms with E-state index in [-0.39, 0.29) is 5.69 Å². The molecule has 1 aliphatic heterocycles. The van der Waals surface area contributed by atoms with E-state index in [1.807, 2.05) is 50.2 Å². The lowest BCUT2D eigenvalue weighted by atomic mass is 10.0. The highest BCUT2D eigenvalue weighted by molar-refractivity contribution is 6.35. The third kappa shape index (κ3) is 5.31. The molecule has 210 valence electrons. The molecule has 0 radical (unpaired) electrons. The summed E-state index contributed by atoms with van der Waals surface area (Å²) in [5, 5.41) is 26.3. The number of benzene rings is 3. The number of aryl methyl sites for hydroxylation is 3. The van der Waals surface area contributed by atoms with Crippen LogP contribution in [0.3, 0.4) is 0 Å². The number of hydrogen-bond donors (Lipinski definition) is 2. The van der Waals surface area contributed by atoms with Crippen molar-refractivity contribution in [2.24, 2.45) is 0 Å². The third-order valence-corrected chi connectivity index (χ3v) is 8.24. The van der Waals surface area contributed by atoms with E-state index in [9.17, 15) is 15.0 Å².